The maximum Gasteiger partial charge on any atom is 0.171 e. The van der Waals surface area contributed by atoms with Crippen molar-refractivity contribution in [3.63, 3.8) is 0 Å². The van der Waals surface area contributed by atoms with Crippen molar-refractivity contribution < 1.29 is 0 Å². The van der Waals surface area contributed by atoms with E-state index in [4.69, 9.17) is 9.97 Å². The van der Waals surface area contributed by atoms with Crippen LogP contribution in [0.3, 0.4) is 0 Å². The van der Waals surface area contributed by atoms with E-state index in [2.05, 4.69) is 22.5 Å². The molecule has 0 aliphatic carbocycles. The minimum absolute atomic E-state index is 0.782. The van der Waals surface area contributed by atoms with Crippen LogP contribution in [0.15, 0.2) is 56.5 Å². The first kappa shape index (κ1) is 13.9. The second-order valence-corrected chi connectivity index (χ2v) is 7.75. The molecule has 3 heterocycles. The SMILES string of the molecule is Cc1csc(Sc2nc(-c3cccs3)nc3ccccc23)n1. The average molecular weight is 341 g/mol. The highest BCUT2D eigenvalue weighted by molar-refractivity contribution is 8.01. The number of benzene rings is 1. The molecule has 0 bridgehead atoms. The standard InChI is InChI=1S/C16H11N3S3/c1-10-9-21-16(17-10)22-15-11-5-2-3-6-12(11)18-14(19-15)13-7-4-8-20-13/h2-9H,1H3. The van der Waals surface area contributed by atoms with E-state index in [1.54, 1.807) is 34.4 Å². The number of thiazole rings is 1. The van der Waals surface area contributed by atoms with Crippen LogP contribution in [0.1, 0.15) is 5.69 Å². The van der Waals surface area contributed by atoms with Gasteiger partial charge in [-0.1, -0.05) is 24.3 Å². The third-order valence-electron chi connectivity index (χ3n) is 3.09. The summed E-state index contributed by atoms with van der Waals surface area (Å²) < 4.78 is 1.01. The van der Waals surface area contributed by atoms with Gasteiger partial charge in [0.1, 0.15) is 5.03 Å². The van der Waals surface area contributed by atoms with E-state index in [1.807, 2.05) is 36.6 Å². The van der Waals surface area contributed by atoms with Gasteiger partial charge in [-0.3, -0.25) is 0 Å². The summed E-state index contributed by atoms with van der Waals surface area (Å²) >= 11 is 4.92. The molecule has 0 fully saturated rings. The Bertz CT molecular complexity index is 929. The summed E-state index contributed by atoms with van der Waals surface area (Å²) in [6.07, 6.45) is 0. The maximum atomic E-state index is 4.78. The van der Waals surface area contributed by atoms with E-state index >= 15 is 0 Å². The molecule has 4 rings (SSSR count). The zero-order valence-corrected chi connectivity index (χ0v) is 14.1. The Balaban J connectivity index is 1.87. The van der Waals surface area contributed by atoms with Crippen LogP contribution >= 0.6 is 34.4 Å². The highest BCUT2D eigenvalue weighted by Crippen LogP contribution is 2.35. The highest BCUT2D eigenvalue weighted by atomic mass is 32.2. The Labute approximate surface area is 140 Å². The van der Waals surface area contributed by atoms with E-state index < -0.39 is 0 Å². The van der Waals surface area contributed by atoms with Crippen molar-refractivity contribution in [1.29, 1.82) is 0 Å². The summed E-state index contributed by atoms with van der Waals surface area (Å²) in [5.74, 6) is 0.782. The molecule has 0 saturated carbocycles. The van der Waals surface area contributed by atoms with Crippen molar-refractivity contribution in [2.45, 2.75) is 16.3 Å². The summed E-state index contributed by atoms with van der Waals surface area (Å²) in [5, 5.41) is 6.14. The molecule has 108 valence electrons. The van der Waals surface area contributed by atoms with E-state index in [0.717, 1.165) is 36.7 Å². The number of hydrogen-bond donors (Lipinski definition) is 0. The molecule has 0 amide bonds. The Morgan fingerprint density at radius 1 is 0.955 bits per heavy atom. The number of aromatic nitrogens is 3. The zero-order chi connectivity index (χ0) is 14.9. The highest BCUT2D eigenvalue weighted by Gasteiger charge is 2.12. The number of rotatable bonds is 3. The molecule has 0 unspecified atom stereocenters. The second-order valence-electron chi connectivity index (χ2n) is 4.70. The first-order valence-electron chi connectivity index (χ1n) is 6.70. The maximum absolute atomic E-state index is 4.78. The van der Waals surface area contributed by atoms with Gasteiger partial charge < -0.3 is 0 Å². The van der Waals surface area contributed by atoms with Crippen molar-refractivity contribution in [2.24, 2.45) is 0 Å². The molecule has 0 aliphatic rings. The molecule has 0 aliphatic heterocycles. The normalized spacial score (nSPS) is 11.1. The van der Waals surface area contributed by atoms with Crippen LogP contribution in [-0.4, -0.2) is 15.0 Å². The topological polar surface area (TPSA) is 38.7 Å². The van der Waals surface area contributed by atoms with Gasteiger partial charge in [-0.15, -0.1) is 22.7 Å². The Morgan fingerprint density at radius 3 is 2.64 bits per heavy atom. The van der Waals surface area contributed by atoms with E-state index in [9.17, 15) is 0 Å². The Morgan fingerprint density at radius 2 is 1.86 bits per heavy atom. The van der Waals surface area contributed by atoms with Crippen molar-refractivity contribution in [2.75, 3.05) is 0 Å². The lowest BCUT2D eigenvalue weighted by molar-refractivity contribution is 1.10. The Hall–Kier alpha value is -1.76. The molecule has 22 heavy (non-hydrogen) atoms. The number of nitrogens with zero attached hydrogens (tertiary/aromatic N) is 3. The molecule has 6 heteroatoms. The quantitative estimate of drug-likeness (QED) is 0.476. The summed E-state index contributed by atoms with van der Waals surface area (Å²) in [6, 6.07) is 12.2. The monoisotopic (exact) mass is 341 g/mol. The van der Waals surface area contributed by atoms with Gasteiger partial charge in [-0.05, 0) is 36.2 Å². The zero-order valence-electron chi connectivity index (χ0n) is 11.7. The fourth-order valence-electron chi connectivity index (χ4n) is 2.10. The number of thiophene rings is 1. The van der Waals surface area contributed by atoms with Gasteiger partial charge >= 0.3 is 0 Å². The van der Waals surface area contributed by atoms with Gasteiger partial charge in [0.2, 0.25) is 0 Å². The predicted molar refractivity (Wildman–Crippen MR) is 93.8 cm³/mol. The summed E-state index contributed by atoms with van der Waals surface area (Å²) in [4.78, 5) is 15.1. The van der Waals surface area contributed by atoms with Crippen molar-refractivity contribution >= 4 is 45.3 Å². The minimum atomic E-state index is 0.782. The van der Waals surface area contributed by atoms with Crippen LogP contribution in [0.4, 0.5) is 0 Å². The fraction of sp³-hybridized carbons (Fsp3) is 0.0625. The lowest BCUT2D eigenvalue weighted by Gasteiger charge is -2.06. The number of aryl methyl sites for hydroxylation is 1. The number of para-hydroxylation sites is 1. The van der Waals surface area contributed by atoms with Crippen LogP contribution in [0.2, 0.25) is 0 Å². The molecular formula is C16H11N3S3. The lowest BCUT2D eigenvalue weighted by atomic mass is 10.2. The molecule has 1 aromatic carbocycles. The molecular weight excluding hydrogens is 330 g/mol. The average Bonchev–Trinajstić information content (AvgIpc) is 3.19. The first-order valence-corrected chi connectivity index (χ1v) is 9.28. The lowest BCUT2D eigenvalue weighted by Crippen LogP contribution is -1.92. The van der Waals surface area contributed by atoms with E-state index in [1.165, 1.54) is 0 Å². The van der Waals surface area contributed by atoms with Gasteiger partial charge in [0.15, 0.2) is 10.2 Å². The van der Waals surface area contributed by atoms with Gasteiger partial charge in [0, 0.05) is 16.5 Å². The number of fused-ring (bicyclic) bond motifs is 1. The molecule has 0 radical (unpaired) electrons. The second kappa shape index (κ2) is 5.79. The van der Waals surface area contributed by atoms with Crippen LogP contribution in [0, 0.1) is 6.92 Å². The van der Waals surface area contributed by atoms with Crippen LogP contribution in [-0.2, 0) is 0 Å². The smallest absolute Gasteiger partial charge is 0.171 e. The van der Waals surface area contributed by atoms with Gasteiger partial charge in [0.05, 0.1) is 10.4 Å². The summed E-state index contributed by atoms with van der Waals surface area (Å²) in [6.45, 7) is 2.01. The first-order chi connectivity index (χ1) is 10.8. The minimum Gasteiger partial charge on any atom is -0.235 e. The largest absolute Gasteiger partial charge is 0.235 e. The Kier molecular flexibility index (Phi) is 3.65. The summed E-state index contributed by atoms with van der Waals surface area (Å²) in [5.41, 5.74) is 2.01. The molecule has 3 nitrogen and oxygen atoms in total. The third-order valence-corrected chi connectivity index (χ3v) is 6.02. The van der Waals surface area contributed by atoms with Gasteiger partial charge in [0.25, 0.3) is 0 Å². The van der Waals surface area contributed by atoms with Crippen molar-refractivity contribution in [3.8, 4) is 10.7 Å². The van der Waals surface area contributed by atoms with Gasteiger partial charge in [-0.25, -0.2) is 15.0 Å². The molecule has 0 spiro atoms. The van der Waals surface area contributed by atoms with Crippen LogP contribution < -0.4 is 0 Å². The van der Waals surface area contributed by atoms with Gasteiger partial charge in [-0.2, -0.15) is 0 Å². The predicted octanol–water partition coefficient (Wildman–Crippen LogP) is 5.27. The molecule has 0 atom stereocenters. The fourth-order valence-corrected chi connectivity index (χ4v) is 4.62. The van der Waals surface area contributed by atoms with Crippen LogP contribution in [0.25, 0.3) is 21.6 Å². The third kappa shape index (κ3) is 2.65. The van der Waals surface area contributed by atoms with Crippen LogP contribution in [0.5, 0.6) is 0 Å². The molecule has 0 N–H and O–H groups in total. The van der Waals surface area contributed by atoms with Crippen molar-refractivity contribution in [3.05, 3.63) is 52.9 Å². The summed E-state index contributed by atoms with van der Waals surface area (Å²) in [7, 11) is 0. The molecule has 0 saturated heterocycles. The van der Waals surface area contributed by atoms with Crippen molar-refractivity contribution in [1.82, 2.24) is 15.0 Å². The number of hydrogen-bond acceptors (Lipinski definition) is 6. The molecule has 3 aromatic heterocycles. The van der Waals surface area contributed by atoms with E-state index in [0.29, 0.717) is 0 Å². The molecule has 4 aromatic rings. The van der Waals surface area contributed by atoms with E-state index in [-0.39, 0.29) is 0 Å².